The number of carboxylic acid groups (broad SMARTS) is 2. The molecule has 6 rings (SSSR count). The highest BCUT2D eigenvalue weighted by Gasteiger charge is 2.18. The van der Waals surface area contributed by atoms with E-state index in [0.717, 1.165) is 59.3 Å². The quantitative estimate of drug-likeness (QED) is 0.101. The van der Waals surface area contributed by atoms with Crippen molar-refractivity contribution in [1.29, 1.82) is 0 Å². The molecule has 0 spiro atoms. The second-order valence-corrected chi connectivity index (χ2v) is 13.9. The monoisotopic (exact) mass is 774 g/mol. The van der Waals surface area contributed by atoms with Crippen molar-refractivity contribution < 1.29 is 29.4 Å². The molecule has 0 heterocycles. The van der Waals surface area contributed by atoms with E-state index in [9.17, 15) is 29.4 Å². The number of nitrogens with zero attached hydrogens (tertiary/aromatic N) is 2. The maximum absolute atomic E-state index is 12.8. The van der Waals surface area contributed by atoms with Gasteiger partial charge in [0.15, 0.2) is 0 Å². The van der Waals surface area contributed by atoms with Crippen molar-refractivity contribution in [2.24, 2.45) is 0 Å². The van der Waals surface area contributed by atoms with Crippen molar-refractivity contribution in [2.45, 2.75) is 65.5 Å². The predicted octanol–water partition coefficient (Wildman–Crippen LogP) is 11.6. The Morgan fingerprint density at radius 2 is 0.759 bits per heavy atom. The van der Waals surface area contributed by atoms with Gasteiger partial charge in [-0.2, -0.15) is 0 Å². The molecule has 0 atom stereocenters. The summed E-state index contributed by atoms with van der Waals surface area (Å²) in [5.74, 6) is -1.67. The van der Waals surface area contributed by atoms with Crippen molar-refractivity contribution in [1.82, 2.24) is 0 Å². The summed E-state index contributed by atoms with van der Waals surface area (Å²) in [6.07, 6.45) is 4.74. The lowest BCUT2D eigenvalue weighted by molar-refractivity contribution is -0.119. The number of rotatable bonds is 16. The van der Waals surface area contributed by atoms with E-state index in [1.54, 1.807) is 24.3 Å². The first kappa shape index (κ1) is 42.3. The highest BCUT2D eigenvalue weighted by molar-refractivity contribution is 5.97. The summed E-state index contributed by atoms with van der Waals surface area (Å²) in [5.41, 5.74) is 7.37. The largest absolute Gasteiger partial charge is 0.478 e. The molecule has 0 fully saturated rings. The van der Waals surface area contributed by atoms with Crippen LogP contribution < -0.4 is 9.80 Å². The third-order valence-electron chi connectivity index (χ3n) is 9.75. The Balaban J connectivity index is 0.000000221. The molecule has 0 saturated heterocycles. The number of carboxylic acids is 2. The maximum Gasteiger partial charge on any atom is 0.336 e. The van der Waals surface area contributed by atoms with Gasteiger partial charge in [0, 0.05) is 24.2 Å². The van der Waals surface area contributed by atoms with Gasteiger partial charge in [0.2, 0.25) is 11.8 Å². The molecule has 296 valence electrons. The Morgan fingerprint density at radius 1 is 0.431 bits per heavy atom. The molecular formula is C50H50N2O6. The zero-order chi connectivity index (χ0) is 41.3. The fourth-order valence-corrected chi connectivity index (χ4v) is 6.58. The zero-order valence-electron chi connectivity index (χ0n) is 33.1. The van der Waals surface area contributed by atoms with Crippen molar-refractivity contribution in [2.75, 3.05) is 9.80 Å². The number of carbonyl (C=O) groups excluding carboxylic acids is 2. The van der Waals surface area contributed by atoms with E-state index in [-0.39, 0.29) is 22.9 Å². The lowest BCUT2D eigenvalue weighted by Crippen LogP contribution is -2.30. The van der Waals surface area contributed by atoms with Crippen LogP contribution in [0.1, 0.15) is 84.2 Å². The smallest absolute Gasteiger partial charge is 0.336 e. The molecule has 0 bridgehead atoms. The van der Waals surface area contributed by atoms with Gasteiger partial charge in [0.1, 0.15) is 0 Å². The molecule has 0 radical (unpaired) electrons. The van der Waals surface area contributed by atoms with Gasteiger partial charge in [-0.1, -0.05) is 148 Å². The second kappa shape index (κ2) is 21.5. The molecule has 8 nitrogen and oxygen atoms in total. The maximum atomic E-state index is 12.8. The first-order valence-electron chi connectivity index (χ1n) is 19.7. The average molecular weight is 775 g/mol. The first-order valence-corrected chi connectivity index (χ1v) is 19.7. The number of benzene rings is 6. The van der Waals surface area contributed by atoms with Crippen LogP contribution >= 0.6 is 0 Å². The molecule has 6 aromatic rings. The van der Waals surface area contributed by atoms with E-state index >= 15 is 0 Å². The van der Waals surface area contributed by atoms with Crippen LogP contribution in [0.4, 0.5) is 11.4 Å². The van der Waals surface area contributed by atoms with Crippen LogP contribution in [0.2, 0.25) is 0 Å². The van der Waals surface area contributed by atoms with Gasteiger partial charge in [-0.3, -0.25) is 9.59 Å². The number of para-hydroxylation sites is 2. The highest BCUT2D eigenvalue weighted by Crippen LogP contribution is 2.27. The standard InChI is InChI=1S/2C25H25NO3/c2*1-2-3-13-24(27)26(21-9-5-4-6-10-21)18-19-14-16-20(17-15-19)22-11-7-8-12-23(22)25(28)29/h2*4-12,14-17H,2-3,13,18H2,1H3,(H,28,29). The van der Waals surface area contributed by atoms with Crippen molar-refractivity contribution >= 4 is 35.1 Å². The lowest BCUT2D eigenvalue weighted by atomic mass is 9.98. The molecule has 58 heavy (non-hydrogen) atoms. The van der Waals surface area contributed by atoms with Gasteiger partial charge in [-0.15, -0.1) is 0 Å². The topological polar surface area (TPSA) is 115 Å². The molecular weight excluding hydrogens is 725 g/mol. The number of amides is 2. The Morgan fingerprint density at radius 3 is 1.09 bits per heavy atom. The van der Waals surface area contributed by atoms with Crippen LogP contribution in [0.3, 0.4) is 0 Å². The number of carbonyl (C=O) groups is 4. The zero-order valence-corrected chi connectivity index (χ0v) is 33.1. The van der Waals surface area contributed by atoms with E-state index in [1.165, 1.54) is 0 Å². The molecule has 2 N–H and O–H groups in total. The van der Waals surface area contributed by atoms with Gasteiger partial charge in [-0.05, 0) is 82.6 Å². The fourth-order valence-electron chi connectivity index (χ4n) is 6.58. The second-order valence-electron chi connectivity index (χ2n) is 13.9. The van der Waals surface area contributed by atoms with Gasteiger partial charge >= 0.3 is 11.9 Å². The molecule has 0 aliphatic rings. The molecule has 8 heteroatoms. The molecule has 0 aliphatic heterocycles. The van der Waals surface area contributed by atoms with E-state index in [1.807, 2.05) is 143 Å². The van der Waals surface area contributed by atoms with Crippen molar-refractivity contribution in [3.63, 3.8) is 0 Å². The first-order chi connectivity index (χ1) is 28.2. The summed E-state index contributed by atoms with van der Waals surface area (Å²) in [7, 11) is 0. The summed E-state index contributed by atoms with van der Waals surface area (Å²) < 4.78 is 0. The summed E-state index contributed by atoms with van der Waals surface area (Å²) in [6, 6.07) is 48.8. The Kier molecular flexibility index (Phi) is 15.7. The Hall–Kier alpha value is -6.80. The molecule has 0 unspecified atom stereocenters. The van der Waals surface area contributed by atoms with Crippen LogP contribution in [0.5, 0.6) is 0 Å². The number of aromatic carboxylic acids is 2. The SMILES string of the molecule is CCCCC(=O)N(Cc1ccc(-c2ccccc2C(=O)O)cc1)c1ccccc1.CCCCC(=O)N(Cc1ccc(-c2ccccc2C(=O)O)cc1)c1ccccc1. The Bertz CT molecular complexity index is 2090. The van der Waals surface area contributed by atoms with Crippen LogP contribution in [-0.2, 0) is 22.7 Å². The third kappa shape index (κ3) is 11.6. The molecule has 0 saturated carbocycles. The summed E-state index contributed by atoms with van der Waals surface area (Å²) in [5, 5.41) is 18.8. The van der Waals surface area contributed by atoms with Gasteiger partial charge in [0.25, 0.3) is 0 Å². The summed E-state index contributed by atoms with van der Waals surface area (Å²) in [4.78, 5) is 52.1. The third-order valence-corrected chi connectivity index (χ3v) is 9.75. The minimum Gasteiger partial charge on any atom is -0.478 e. The van der Waals surface area contributed by atoms with E-state index in [0.29, 0.717) is 37.1 Å². The summed E-state index contributed by atoms with van der Waals surface area (Å²) in [6.45, 7) is 5.11. The Labute approximate surface area is 341 Å². The van der Waals surface area contributed by atoms with E-state index < -0.39 is 11.9 Å². The molecule has 0 aliphatic carbocycles. The van der Waals surface area contributed by atoms with Crippen molar-refractivity contribution in [3.8, 4) is 22.3 Å². The van der Waals surface area contributed by atoms with Gasteiger partial charge in [-0.25, -0.2) is 9.59 Å². The number of unbranched alkanes of at least 4 members (excludes halogenated alkanes) is 2. The van der Waals surface area contributed by atoms with Crippen molar-refractivity contribution in [3.05, 3.63) is 180 Å². The minimum absolute atomic E-state index is 0.110. The van der Waals surface area contributed by atoms with E-state index in [2.05, 4.69) is 13.8 Å². The lowest BCUT2D eigenvalue weighted by Gasteiger charge is -2.23. The molecule has 2 amide bonds. The average Bonchev–Trinajstić information content (AvgIpc) is 3.27. The normalized spacial score (nSPS) is 10.5. The number of hydrogen-bond acceptors (Lipinski definition) is 4. The number of hydrogen-bond donors (Lipinski definition) is 2. The predicted molar refractivity (Wildman–Crippen MR) is 232 cm³/mol. The van der Waals surface area contributed by atoms with Crippen LogP contribution in [0.25, 0.3) is 22.3 Å². The van der Waals surface area contributed by atoms with Crippen LogP contribution in [0.15, 0.2) is 158 Å². The van der Waals surface area contributed by atoms with Crippen LogP contribution in [0, 0.1) is 0 Å². The fraction of sp³-hybridized carbons (Fsp3) is 0.200. The van der Waals surface area contributed by atoms with Crippen LogP contribution in [-0.4, -0.2) is 34.0 Å². The van der Waals surface area contributed by atoms with E-state index in [4.69, 9.17) is 0 Å². The molecule has 0 aromatic heterocycles. The summed E-state index contributed by atoms with van der Waals surface area (Å²) >= 11 is 0. The van der Waals surface area contributed by atoms with Gasteiger partial charge in [0.05, 0.1) is 24.2 Å². The highest BCUT2D eigenvalue weighted by atomic mass is 16.4. The van der Waals surface area contributed by atoms with Gasteiger partial charge < -0.3 is 20.0 Å². The molecule has 6 aromatic carbocycles. The number of anilines is 2. The minimum atomic E-state index is -0.943.